The molecule has 1 atom stereocenters. The summed E-state index contributed by atoms with van der Waals surface area (Å²) in [4.78, 5) is 0.301. The van der Waals surface area contributed by atoms with Crippen molar-refractivity contribution in [2.45, 2.75) is 43.5 Å². The Balaban J connectivity index is 1.93. The molecule has 1 saturated heterocycles. The quantitative estimate of drug-likeness (QED) is 0.818. The second-order valence-electron chi connectivity index (χ2n) is 6.55. The maximum Gasteiger partial charge on any atom is 0.243 e. The molecule has 0 N–H and O–H groups in total. The fraction of sp³-hybridized carbons (Fsp3) is 0.368. The summed E-state index contributed by atoms with van der Waals surface area (Å²) in [6.07, 6.45) is 1.50. The lowest BCUT2D eigenvalue weighted by Gasteiger charge is -2.24. The van der Waals surface area contributed by atoms with E-state index in [1.807, 2.05) is 12.1 Å². The second-order valence-corrected chi connectivity index (χ2v) is 8.44. The van der Waals surface area contributed by atoms with E-state index in [-0.39, 0.29) is 11.9 Å². The van der Waals surface area contributed by atoms with Gasteiger partial charge < -0.3 is 0 Å². The van der Waals surface area contributed by atoms with Crippen molar-refractivity contribution in [1.82, 2.24) is 4.31 Å². The van der Waals surface area contributed by atoms with Gasteiger partial charge in [-0.1, -0.05) is 38.1 Å². The summed E-state index contributed by atoms with van der Waals surface area (Å²) in [5.74, 6) is 0.0200. The van der Waals surface area contributed by atoms with E-state index in [0.717, 1.165) is 17.5 Å². The Kier molecular flexibility index (Phi) is 4.74. The molecule has 0 aromatic heterocycles. The zero-order valence-electron chi connectivity index (χ0n) is 13.9. The molecule has 1 unspecified atom stereocenters. The summed E-state index contributed by atoms with van der Waals surface area (Å²) < 4.78 is 41.1. The molecule has 0 bridgehead atoms. The van der Waals surface area contributed by atoms with Gasteiger partial charge in [-0.2, -0.15) is 4.31 Å². The number of benzene rings is 2. The SMILES string of the molecule is CC(C)c1ccc(S(=O)(=O)N2CCCC2c2cccc(F)c2)cc1. The third-order valence-electron chi connectivity index (χ3n) is 4.59. The van der Waals surface area contributed by atoms with Crippen LogP contribution in [0.5, 0.6) is 0 Å². The fourth-order valence-electron chi connectivity index (χ4n) is 3.23. The predicted molar refractivity (Wildman–Crippen MR) is 92.8 cm³/mol. The molecular formula is C19H22FNO2S. The lowest BCUT2D eigenvalue weighted by atomic mass is 10.0. The first kappa shape index (κ1) is 17.1. The van der Waals surface area contributed by atoms with Crippen molar-refractivity contribution in [2.24, 2.45) is 0 Å². The molecule has 128 valence electrons. The van der Waals surface area contributed by atoms with Crippen LogP contribution < -0.4 is 0 Å². The Labute approximate surface area is 143 Å². The van der Waals surface area contributed by atoms with Gasteiger partial charge in [0.15, 0.2) is 0 Å². The average Bonchev–Trinajstić information content (AvgIpc) is 3.05. The largest absolute Gasteiger partial charge is 0.243 e. The van der Waals surface area contributed by atoms with Gasteiger partial charge in [0.05, 0.1) is 10.9 Å². The number of nitrogens with zero attached hydrogens (tertiary/aromatic N) is 1. The van der Waals surface area contributed by atoms with Crippen LogP contribution in [0.15, 0.2) is 53.4 Å². The molecular weight excluding hydrogens is 325 g/mol. The van der Waals surface area contributed by atoms with Crippen LogP contribution in [0.1, 0.15) is 49.8 Å². The van der Waals surface area contributed by atoms with Gasteiger partial charge >= 0.3 is 0 Å². The van der Waals surface area contributed by atoms with Crippen molar-refractivity contribution in [1.29, 1.82) is 0 Å². The Hall–Kier alpha value is -1.72. The van der Waals surface area contributed by atoms with Crippen molar-refractivity contribution in [3.05, 3.63) is 65.5 Å². The van der Waals surface area contributed by atoms with E-state index in [1.165, 1.54) is 16.4 Å². The average molecular weight is 347 g/mol. The second kappa shape index (κ2) is 6.65. The van der Waals surface area contributed by atoms with E-state index in [2.05, 4.69) is 13.8 Å². The highest BCUT2D eigenvalue weighted by Crippen LogP contribution is 2.36. The Morgan fingerprint density at radius 1 is 1.12 bits per heavy atom. The van der Waals surface area contributed by atoms with Gasteiger partial charge in [-0.3, -0.25) is 0 Å². The van der Waals surface area contributed by atoms with Crippen LogP contribution in [0.4, 0.5) is 4.39 Å². The van der Waals surface area contributed by atoms with Crippen molar-refractivity contribution in [3.63, 3.8) is 0 Å². The summed E-state index contributed by atoms with van der Waals surface area (Å²) in [5.41, 5.74) is 1.83. The molecule has 1 heterocycles. The highest BCUT2D eigenvalue weighted by Gasteiger charge is 2.36. The third-order valence-corrected chi connectivity index (χ3v) is 6.51. The van der Waals surface area contributed by atoms with Gasteiger partial charge in [0.2, 0.25) is 10.0 Å². The Morgan fingerprint density at radius 2 is 1.83 bits per heavy atom. The molecule has 2 aromatic carbocycles. The van der Waals surface area contributed by atoms with Gasteiger partial charge in [-0.05, 0) is 54.2 Å². The first-order chi connectivity index (χ1) is 11.4. The topological polar surface area (TPSA) is 37.4 Å². The van der Waals surface area contributed by atoms with E-state index in [1.54, 1.807) is 24.3 Å². The summed E-state index contributed by atoms with van der Waals surface area (Å²) in [7, 11) is -3.58. The Morgan fingerprint density at radius 3 is 2.46 bits per heavy atom. The normalized spacial score (nSPS) is 19.1. The maximum absolute atomic E-state index is 13.5. The van der Waals surface area contributed by atoms with E-state index in [4.69, 9.17) is 0 Å². The van der Waals surface area contributed by atoms with Crippen molar-refractivity contribution < 1.29 is 12.8 Å². The molecule has 1 aliphatic rings. The minimum Gasteiger partial charge on any atom is -0.207 e. The zero-order chi connectivity index (χ0) is 17.3. The smallest absolute Gasteiger partial charge is 0.207 e. The predicted octanol–water partition coefficient (Wildman–Crippen LogP) is 4.47. The molecule has 0 aliphatic carbocycles. The monoisotopic (exact) mass is 347 g/mol. The van der Waals surface area contributed by atoms with E-state index >= 15 is 0 Å². The van der Waals surface area contributed by atoms with Crippen LogP contribution in [0.25, 0.3) is 0 Å². The number of hydrogen-bond acceptors (Lipinski definition) is 2. The molecule has 3 nitrogen and oxygen atoms in total. The standard InChI is InChI=1S/C19H22FNO2S/c1-14(2)15-8-10-18(11-9-15)24(22,23)21-12-4-7-19(21)16-5-3-6-17(20)13-16/h3,5-6,8-11,13-14,19H,4,7,12H2,1-2H3. The minimum atomic E-state index is -3.58. The molecule has 2 aromatic rings. The summed E-state index contributed by atoms with van der Waals surface area (Å²) >= 11 is 0. The van der Waals surface area contributed by atoms with E-state index in [9.17, 15) is 12.8 Å². The van der Waals surface area contributed by atoms with Gasteiger partial charge in [-0.15, -0.1) is 0 Å². The lowest BCUT2D eigenvalue weighted by molar-refractivity contribution is 0.395. The third kappa shape index (κ3) is 3.23. The van der Waals surface area contributed by atoms with Gasteiger partial charge in [0.1, 0.15) is 5.82 Å². The van der Waals surface area contributed by atoms with Gasteiger partial charge in [-0.25, -0.2) is 12.8 Å². The van der Waals surface area contributed by atoms with Crippen LogP contribution >= 0.6 is 0 Å². The van der Waals surface area contributed by atoms with Crippen molar-refractivity contribution >= 4 is 10.0 Å². The number of hydrogen-bond donors (Lipinski definition) is 0. The summed E-state index contributed by atoms with van der Waals surface area (Å²) in [6.45, 7) is 4.61. The van der Waals surface area contributed by atoms with Crippen LogP contribution in [-0.2, 0) is 10.0 Å². The molecule has 0 spiro atoms. The number of rotatable bonds is 4. The first-order valence-electron chi connectivity index (χ1n) is 8.27. The molecule has 0 amide bonds. The van der Waals surface area contributed by atoms with Crippen LogP contribution in [0, 0.1) is 5.82 Å². The van der Waals surface area contributed by atoms with Gasteiger partial charge in [0, 0.05) is 6.54 Å². The number of halogens is 1. The molecule has 1 fully saturated rings. The lowest BCUT2D eigenvalue weighted by Crippen LogP contribution is -2.30. The minimum absolute atomic E-state index is 0.296. The molecule has 0 radical (unpaired) electrons. The Bertz CT molecular complexity index is 816. The summed E-state index contributed by atoms with van der Waals surface area (Å²) in [6, 6.07) is 13.0. The molecule has 5 heteroatoms. The first-order valence-corrected chi connectivity index (χ1v) is 9.71. The van der Waals surface area contributed by atoms with Gasteiger partial charge in [0.25, 0.3) is 0 Å². The van der Waals surface area contributed by atoms with Crippen LogP contribution in [0.2, 0.25) is 0 Å². The molecule has 24 heavy (non-hydrogen) atoms. The van der Waals surface area contributed by atoms with Crippen LogP contribution in [0.3, 0.4) is 0 Å². The van der Waals surface area contributed by atoms with Crippen LogP contribution in [-0.4, -0.2) is 19.3 Å². The van der Waals surface area contributed by atoms with Crippen molar-refractivity contribution in [2.75, 3.05) is 6.54 Å². The molecule has 3 rings (SSSR count). The van der Waals surface area contributed by atoms with E-state index in [0.29, 0.717) is 23.8 Å². The van der Waals surface area contributed by atoms with Crippen molar-refractivity contribution in [3.8, 4) is 0 Å². The summed E-state index contributed by atoms with van der Waals surface area (Å²) in [5, 5.41) is 0. The maximum atomic E-state index is 13.5. The number of sulfonamides is 1. The molecule has 1 aliphatic heterocycles. The highest BCUT2D eigenvalue weighted by atomic mass is 32.2. The zero-order valence-corrected chi connectivity index (χ0v) is 14.8. The highest BCUT2D eigenvalue weighted by molar-refractivity contribution is 7.89. The molecule has 0 saturated carbocycles. The fourth-order valence-corrected chi connectivity index (χ4v) is 4.92. The van der Waals surface area contributed by atoms with E-state index < -0.39 is 10.0 Å².